The summed E-state index contributed by atoms with van der Waals surface area (Å²) in [5, 5.41) is 15.2. The van der Waals surface area contributed by atoms with E-state index in [0.29, 0.717) is 18.5 Å². The van der Waals surface area contributed by atoms with Crippen LogP contribution in [0.5, 0.6) is 0 Å². The van der Waals surface area contributed by atoms with Crippen LogP contribution in [0.15, 0.2) is 18.2 Å². The summed E-state index contributed by atoms with van der Waals surface area (Å²) in [6, 6.07) is 5.85. The Morgan fingerprint density at radius 2 is 2.11 bits per heavy atom. The Kier molecular flexibility index (Phi) is 4.22. The second-order valence-corrected chi connectivity index (χ2v) is 5.91. The van der Waals surface area contributed by atoms with Crippen LogP contribution in [-0.2, 0) is 13.1 Å². The Bertz CT molecular complexity index is 469. The molecule has 1 aliphatic rings. The highest BCUT2D eigenvalue weighted by Gasteiger charge is 2.19. The van der Waals surface area contributed by atoms with Gasteiger partial charge in [0.1, 0.15) is 0 Å². The van der Waals surface area contributed by atoms with Gasteiger partial charge in [-0.3, -0.25) is 4.79 Å². The molecule has 2 rings (SSSR count). The summed E-state index contributed by atoms with van der Waals surface area (Å²) in [7, 11) is 0. The first-order valence-corrected chi connectivity index (χ1v) is 6.73. The maximum atomic E-state index is 12.1. The van der Waals surface area contributed by atoms with Gasteiger partial charge in [0.2, 0.25) is 0 Å². The van der Waals surface area contributed by atoms with Gasteiger partial charge in [-0.2, -0.15) is 0 Å². The predicted molar refractivity (Wildman–Crippen MR) is 74.8 cm³/mol. The second kappa shape index (κ2) is 5.72. The first-order chi connectivity index (χ1) is 9.02. The van der Waals surface area contributed by atoms with Crippen molar-refractivity contribution in [2.75, 3.05) is 13.2 Å². The van der Waals surface area contributed by atoms with Crippen LogP contribution in [0.4, 0.5) is 0 Å². The zero-order chi connectivity index (χ0) is 13.9. The van der Waals surface area contributed by atoms with E-state index in [4.69, 9.17) is 5.11 Å². The number of hydrogen-bond donors (Lipinski definition) is 3. The first kappa shape index (κ1) is 14.0. The van der Waals surface area contributed by atoms with Crippen LogP contribution in [0.25, 0.3) is 0 Å². The number of benzene rings is 1. The molecule has 1 aromatic carbocycles. The summed E-state index contributed by atoms with van der Waals surface area (Å²) in [5.74, 6) is -0.0410. The number of rotatable bonds is 5. The van der Waals surface area contributed by atoms with Gasteiger partial charge >= 0.3 is 0 Å². The van der Waals surface area contributed by atoms with Gasteiger partial charge in [-0.1, -0.05) is 19.9 Å². The standard InChI is InChI=1S/C15H22N2O2/c1-15(2,5-6-18)10-17-14(19)11-3-4-12-8-16-9-13(12)7-11/h3-4,7,16,18H,5-6,8-10H2,1-2H3,(H,17,19). The molecule has 0 radical (unpaired) electrons. The molecule has 0 unspecified atom stereocenters. The predicted octanol–water partition coefficient (Wildman–Crippen LogP) is 1.43. The average Bonchev–Trinajstić information content (AvgIpc) is 2.83. The van der Waals surface area contributed by atoms with Crippen LogP contribution in [0.1, 0.15) is 41.8 Å². The van der Waals surface area contributed by atoms with E-state index in [1.54, 1.807) is 0 Å². The van der Waals surface area contributed by atoms with Gasteiger partial charge in [0, 0.05) is 31.8 Å². The van der Waals surface area contributed by atoms with E-state index < -0.39 is 0 Å². The highest BCUT2D eigenvalue weighted by Crippen LogP contribution is 2.19. The lowest BCUT2D eigenvalue weighted by Crippen LogP contribution is -2.34. The number of aliphatic hydroxyl groups excluding tert-OH is 1. The molecule has 1 amide bonds. The third kappa shape index (κ3) is 3.55. The molecule has 19 heavy (non-hydrogen) atoms. The highest BCUT2D eigenvalue weighted by molar-refractivity contribution is 5.94. The van der Waals surface area contributed by atoms with Gasteiger partial charge in [0.25, 0.3) is 5.91 Å². The van der Waals surface area contributed by atoms with E-state index in [9.17, 15) is 4.79 Å². The minimum atomic E-state index is -0.0807. The molecule has 3 N–H and O–H groups in total. The van der Waals surface area contributed by atoms with Gasteiger partial charge in [-0.05, 0) is 35.1 Å². The van der Waals surface area contributed by atoms with Crippen LogP contribution in [-0.4, -0.2) is 24.2 Å². The Labute approximate surface area is 114 Å². The van der Waals surface area contributed by atoms with Crippen molar-refractivity contribution >= 4 is 5.91 Å². The molecule has 104 valence electrons. The summed E-state index contributed by atoms with van der Waals surface area (Å²) < 4.78 is 0. The molecule has 0 atom stereocenters. The number of amides is 1. The molecule has 4 nitrogen and oxygen atoms in total. The third-order valence-corrected chi connectivity index (χ3v) is 3.62. The van der Waals surface area contributed by atoms with Gasteiger partial charge in [0.15, 0.2) is 0 Å². The van der Waals surface area contributed by atoms with Gasteiger partial charge in [0.05, 0.1) is 0 Å². The molecule has 0 spiro atoms. The van der Waals surface area contributed by atoms with Crippen molar-refractivity contribution in [2.45, 2.75) is 33.4 Å². The number of nitrogens with one attached hydrogen (secondary N) is 2. The quantitative estimate of drug-likeness (QED) is 0.752. The molecule has 0 aliphatic carbocycles. The number of hydrogen-bond acceptors (Lipinski definition) is 3. The summed E-state index contributed by atoms with van der Waals surface area (Å²) in [4.78, 5) is 12.1. The molecule has 1 aromatic rings. The number of carbonyl (C=O) groups is 1. The van der Waals surface area contributed by atoms with Crippen molar-refractivity contribution in [2.24, 2.45) is 5.41 Å². The molecule has 0 saturated carbocycles. The van der Waals surface area contributed by atoms with Gasteiger partial charge in [-0.25, -0.2) is 0 Å². The Morgan fingerprint density at radius 1 is 1.37 bits per heavy atom. The van der Waals surface area contributed by atoms with Crippen molar-refractivity contribution in [1.82, 2.24) is 10.6 Å². The molecule has 0 saturated heterocycles. The summed E-state index contributed by atoms with van der Waals surface area (Å²) in [6.45, 7) is 6.52. The van der Waals surface area contributed by atoms with Crippen LogP contribution >= 0.6 is 0 Å². The fraction of sp³-hybridized carbons (Fsp3) is 0.533. The molecular formula is C15H22N2O2. The SMILES string of the molecule is CC(C)(CCO)CNC(=O)c1ccc2c(c1)CNC2. The van der Waals surface area contributed by atoms with Crippen molar-refractivity contribution in [3.63, 3.8) is 0 Å². The molecule has 0 aromatic heterocycles. The average molecular weight is 262 g/mol. The number of carbonyl (C=O) groups excluding carboxylic acids is 1. The van der Waals surface area contributed by atoms with Crippen molar-refractivity contribution in [3.05, 3.63) is 34.9 Å². The monoisotopic (exact) mass is 262 g/mol. The van der Waals surface area contributed by atoms with E-state index >= 15 is 0 Å². The summed E-state index contributed by atoms with van der Waals surface area (Å²) in [6.07, 6.45) is 0.682. The Balaban J connectivity index is 1.97. The van der Waals surface area contributed by atoms with E-state index in [2.05, 4.69) is 10.6 Å². The van der Waals surface area contributed by atoms with Crippen LogP contribution in [0, 0.1) is 5.41 Å². The zero-order valence-corrected chi connectivity index (χ0v) is 11.6. The molecule has 4 heteroatoms. The highest BCUT2D eigenvalue weighted by atomic mass is 16.3. The van der Waals surface area contributed by atoms with E-state index in [0.717, 1.165) is 13.1 Å². The maximum absolute atomic E-state index is 12.1. The normalized spacial score (nSPS) is 14.3. The van der Waals surface area contributed by atoms with Crippen molar-refractivity contribution < 1.29 is 9.90 Å². The second-order valence-electron chi connectivity index (χ2n) is 5.91. The van der Waals surface area contributed by atoms with E-state index in [1.165, 1.54) is 11.1 Å². The maximum Gasteiger partial charge on any atom is 0.251 e. The zero-order valence-electron chi connectivity index (χ0n) is 11.6. The van der Waals surface area contributed by atoms with Crippen molar-refractivity contribution in [1.29, 1.82) is 0 Å². The molecule has 1 heterocycles. The smallest absolute Gasteiger partial charge is 0.251 e. The lowest BCUT2D eigenvalue weighted by molar-refractivity contribution is 0.0928. The van der Waals surface area contributed by atoms with Crippen LogP contribution < -0.4 is 10.6 Å². The first-order valence-electron chi connectivity index (χ1n) is 6.73. The Morgan fingerprint density at radius 3 is 2.84 bits per heavy atom. The van der Waals surface area contributed by atoms with Crippen LogP contribution in [0.3, 0.4) is 0 Å². The topological polar surface area (TPSA) is 61.4 Å². The van der Waals surface area contributed by atoms with Crippen LogP contribution in [0.2, 0.25) is 0 Å². The van der Waals surface area contributed by atoms with E-state index in [1.807, 2.05) is 32.0 Å². The lowest BCUT2D eigenvalue weighted by Gasteiger charge is -2.23. The summed E-state index contributed by atoms with van der Waals surface area (Å²) >= 11 is 0. The molecule has 0 bridgehead atoms. The minimum Gasteiger partial charge on any atom is -0.396 e. The number of fused-ring (bicyclic) bond motifs is 1. The third-order valence-electron chi connectivity index (χ3n) is 3.62. The molecule has 1 aliphatic heterocycles. The fourth-order valence-electron chi connectivity index (χ4n) is 2.25. The van der Waals surface area contributed by atoms with Gasteiger partial charge < -0.3 is 15.7 Å². The lowest BCUT2D eigenvalue weighted by atomic mass is 9.89. The Hall–Kier alpha value is -1.39. The largest absolute Gasteiger partial charge is 0.396 e. The minimum absolute atomic E-state index is 0.0410. The molecule has 0 fully saturated rings. The molecular weight excluding hydrogens is 240 g/mol. The van der Waals surface area contributed by atoms with Gasteiger partial charge in [-0.15, -0.1) is 0 Å². The fourth-order valence-corrected chi connectivity index (χ4v) is 2.25. The van der Waals surface area contributed by atoms with Crippen molar-refractivity contribution in [3.8, 4) is 0 Å². The summed E-state index contributed by atoms with van der Waals surface area (Å²) in [5.41, 5.74) is 3.12. The van der Waals surface area contributed by atoms with E-state index in [-0.39, 0.29) is 17.9 Å². The number of aliphatic hydroxyl groups is 1.